The van der Waals surface area contributed by atoms with Gasteiger partial charge in [0.05, 0.1) is 11.3 Å². The molecule has 186 valence electrons. The standard InChI is InChI=1S/C27H29FN6O2/c1-4-33-24(35)19-14-30-25(31-17-5-7-20-16(11-17)13-29-15-27(20)9-10-27)32-23(19)34(33)18-6-8-22(28)21(12-18)26(2,3)36/h5-8,11-12,14,29,36H,4,9-10,13,15H2,1-3H3,(H,30,31,32). The van der Waals surface area contributed by atoms with E-state index in [-0.39, 0.29) is 11.1 Å². The molecule has 1 aliphatic carbocycles. The maximum absolute atomic E-state index is 14.5. The number of anilines is 2. The maximum Gasteiger partial charge on any atom is 0.278 e. The van der Waals surface area contributed by atoms with E-state index in [4.69, 9.17) is 4.98 Å². The second-order valence-corrected chi connectivity index (χ2v) is 10.4. The molecule has 0 amide bonds. The lowest BCUT2D eigenvalue weighted by atomic mass is 9.88. The van der Waals surface area contributed by atoms with Gasteiger partial charge in [0, 0.05) is 42.5 Å². The Bertz CT molecular complexity index is 1560. The van der Waals surface area contributed by atoms with Crippen LogP contribution in [0.5, 0.6) is 0 Å². The monoisotopic (exact) mass is 488 g/mol. The molecule has 8 nitrogen and oxygen atoms in total. The Hall–Kier alpha value is -3.56. The Kier molecular flexibility index (Phi) is 5.07. The van der Waals surface area contributed by atoms with Gasteiger partial charge in [-0.1, -0.05) is 6.07 Å². The van der Waals surface area contributed by atoms with Crippen LogP contribution in [0.2, 0.25) is 0 Å². The first kappa shape index (κ1) is 22.9. The topological polar surface area (TPSA) is 97.0 Å². The van der Waals surface area contributed by atoms with Crippen LogP contribution in [0.1, 0.15) is 50.3 Å². The molecule has 2 aromatic carbocycles. The van der Waals surface area contributed by atoms with Gasteiger partial charge in [0.25, 0.3) is 5.56 Å². The van der Waals surface area contributed by atoms with E-state index in [2.05, 4.69) is 33.8 Å². The number of aliphatic hydroxyl groups is 1. The molecule has 0 atom stereocenters. The third kappa shape index (κ3) is 3.61. The van der Waals surface area contributed by atoms with Crippen molar-refractivity contribution in [1.29, 1.82) is 0 Å². The summed E-state index contributed by atoms with van der Waals surface area (Å²) in [6.45, 7) is 7.17. The van der Waals surface area contributed by atoms with Gasteiger partial charge >= 0.3 is 0 Å². The number of benzene rings is 2. The van der Waals surface area contributed by atoms with Crippen LogP contribution in [-0.2, 0) is 24.1 Å². The molecule has 0 bridgehead atoms. The van der Waals surface area contributed by atoms with Gasteiger partial charge in [0.2, 0.25) is 5.95 Å². The van der Waals surface area contributed by atoms with Gasteiger partial charge in [-0.2, -0.15) is 4.98 Å². The summed E-state index contributed by atoms with van der Waals surface area (Å²) >= 11 is 0. The molecule has 0 radical (unpaired) electrons. The molecule has 36 heavy (non-hydrogen) atoms. The highest BCUT2D eigenvalue weighted by atomic mass is 19.1. The highest BCUT2D eigenvalue weighted by molar-refractivity contribution is 5.77. The van der Waals surface area contributed by atoms with Crippen molar-refractivity contribution < 1.29 is 9.50 Å². The number of rotatable bonds is 5. The van der Waals surface area contributed by atoms with Crippen LogP contribution in [0.25, 0.3) is 16.7 Å². The maximum atomic E-state index is 14.5. The van der Waals surface area contributed by atoms with Gasteiger partial charge in [-0.25, -0.2) is 18.7 Å². The van der Waals surface area contributed by atoms with Crippen LogP contribution in [-0.4, -0.2) is 31.0 Å². The van der Waals surface area contributed by atoms with Gasteiger partial charge in [-0.15, -0.1) is 0 Å². The highest BCUT2D eigenvalue weighted by Crippen LogP contribution is 2.50. The molecular formula is C27H29FN6O2. The summed E-state index contributed by atoms with van der Waals surface area (Å²) in [4.78, 5) is 22.2. The molecule has 2 aliphatic rings. The van der Waals surface area contributed by atoms with Crippen molar-refractivity contribution in [2.24, 2.45) is 0 Å². The number of aromatic nitrogens is 4. The lowest BCUT2D eigenvalue weighted by Crippen LogP contribution is -2.33. The fraction of sp³-hybridized carbons (Fsp3) is 0.370. The second-order valence-electron chi connectivity index (χ2n) is 10.4. The lowest BCUT2D eigenvalue weighted by molar-refractivity contribution is 0.0745. The molecule has 3 N–H and O–H groups in total. The van der Waals surface area contributed by atoms with Crippen molar-refractivity contribution in [2.75, 3.05) is 11.9 Å². The largest absolute Gasteiger partial charge is 0.386 e. The van der Waals surface area contributed by atoms with Gasteiger partial charge in [-0.3, -0.25) is 4.79 Å². The number of hydrogen-bond acceptors (Lipinski definition) is 6. The van der Waals surface area contributed by atoms with E-state index < -0.39 is 11.4 Å². The molecule has 6 rings (SSSR count). The molecule has 1 aliphatic heterocycles. The number of hydrogen-bond donors (Lipinski definition) is 3. The van der Waals surface area contributed by atoms with Crippen LogP contribution in [0.4, 0.5) is 16.0 Å². The van der Waals surface area contributed by atoms with Crippen molar-refractivity contribution in [1.82, 2.24) is 24.6 Å². The first-order chi connectivity index (χ1) is 17.2. The molecule has 1 fully saturated rings. The van der Waals surface area contributed by atoms with E-state index in [0.717, 1.165) is 18.8 Å². The number of nitrogens with zero attached hydrogens (tertiary/aromatic N) is 4. The third-order valence-corrected chi connectivity index (χ3v) is 7.39. The fourth-order valence-corrected chi connectivity index (χ4v) is 5.34. The molecule has 9 heteroatoms. The summed E-state index contributed by atoms with van der Waals surface area (Å²) in [6.07, 6.45) is 3.98. The minimum Gasteiger partial charge on any atom is -0.386 e. The van der Waals surface area contributed by atoms with Crippen LogP contribution < -0.4 is 16.2 Å². The Labute approximate surface area is 207 Å². The quantitative estimate of drug-likeness (QED) is 0.395. The Balaban J connectivity index is 1.43. The number of halogens is 1. The average molecular weight is 489 g/mol. The van der Waals surface area contributed by atoms with Gasteiger partial charge in [0.15, 0.2) is 5.65 Å². The zero-order valence-corrected chi connectivity index (χ0v) is 20.6. The Morgan fingerprint density at radius 3 is 2.75 bits per heavy atom. The number of nitrogens with one attached hydrogen (secondary N) is 2. The van der Waals surface area contributed by atoms with Crippen molar-refractivity contribution in [2.45, 2.75) is 57.7 Å². The smallest absolute Gasteiger partial charge is 0.278 e. The van der Waals surface area contributed by atoms with Crippen LogP contribution in [0, 0.1) is 5.82 Å². The zero-order chi connectivity index (χ0) is 25.2. The summed E-state index contributed by atoms with van der Waals surface area (Å²) in [6, 6.07) is 10.8. The van der Waals surface area contributed by atoms with Crippen molar-refractivity contribution >= 4 is 22.7 Å². The van der Waals surface area contributed by atoms with Crippen LogP contribution >= 0.6 is 0 Å². The molecule has 3 heterocycles. The molecule has 1 spiro atoms. The summed E-state index contributed by atoms with van der Waals surface area (Å²) in [5, 5.41) is 17.6. The fourth-order valence-electron chi connectivity index (χ4n) is 5.34. The van der Waals surface area contributed by atoms with Crippen LogP contribution in [0.15, 0.2) is 47.4 Å². The number of fused-ring (bicyclic) bond motifs is 3. The molecule has 2 aromatic heterocycles. The summed E-state index contributed by atoms with van der Waals surface area (Å²) in [7, 11) is 0. The lowest BCUT2D eigenvalue weighted by Gasteiger charge is -2.26. The summed E-state index contributed by atoms with van der Waals surface area (Å²) < 4.78 is 17.7. The van der Waals surface area contributed by atoms with Crippen molar-refractivity contribution in [3.05, 3.63) is 75.5 Å². The van der Waals surface area contributed by atoms with E-state index in [9.17, 15) is 14.3 Å². The van der Waals surface area contributed by atoms with E-state index in [1.165, 1.54) is 54.8 Å². The minimum absolute atomic E-state index is 0.139. The summed E-state index contributed by atoms with van der Waals surface area (Å²) in [5.74, 6) is -0.154. The molecule has 0 saturated heterocycles. The predicted octanol–water partition coefficient (Wildman–Crippen LogP) is 3.85. The average Bonchev–Trinajstić information content (AvgIpc) is 3.55. The van der Waals surface area contributed by atoms with E-state index in [0.29, 0.717) is 34.6 Å². The first-order valence-corrected chi connectivity index (χ1v) is 12.3. The summed E-state index contributed by atoms with van der Waals surface area (Å²) in [5.41, 5.74) is 3.34. The van der Waals surface area contributed by atoms with E-state index in [1.54, 1.807) is 16.8 Å². The van der Waals surface area contributed by atoms with E-state index >= 15 is 0 Å². The van der Waals surface area contributed by atoms with Gasteiger partial charge in [-0.05, 0) is 75.1 Å². The van der Waals surface area contributed by atoms with Crippen molar-refractivity contribution in [3.8, 4) is 5.69 Å². The van der Waals surface area contributed by atoms with E-state index in [1.807, 2.05) is 6.92 Å². The zero-order valence-electron chi connectivity index (χ0n) is 20.6. The molecule has 1 saturated carbocycles. The second kappa shape index (κ2) is 7.97. The third-order valence-electron chi connectivity index (χ3n) is 7.39. The predicted molar refractivity (Wildman–Crippen MR) is 136 cm³/mol. The molecule has 4 aromatic rings. The van der Waals surface area contributed by atoms with Crippen molar-refractivity contribution in [3.63, 3.8) is 0 Å². The molecule has 0 unspecified atom stereocenters. The SMILES string of the molecule is CCn1c(=O)c2cnc(Nc3ccc4c(c3)CNCC43CC3)nc2n1-c1ccc(F)c(C(C)(C)O)c1. The molecular weight excluding hydrogens is 459 g/mol. The highest BCUT2D eigenvalue weighted by Gasteiger charge is 2.46. The first-order valence-electron chi connectivity index (χ1n) is 12.3. The Morgan fingerprint density at radius 1 is 1.22 bits per heavy atom. The normalized spacial score (nSPS) is 16.4. The Morgan fingerprint density at radius 2 is 2.03 bits per heavy atom. The van der Waals surface area contributed by atoms with Gasteiger partial charge in [0.1, 0.15) is 11.2 Å². The minimum atomic E-state index is -1.39. The van der Waals surface area contributed by atoms with Gasteiger partial charge < -0.3 is 15.7 Å². The van der Waals surface area contributed by atoms with Crippen LogP contribution in [0.3, 0.4) is 0 Å².